The van der Waals surface area contributed by atoms with E-state index in [0.29, 0.717) is 6.54 Å². The molecular formula is C21H26ClN5O2. The molecule has 0 saturated carbocycles. The average Bonchev–Trinajstić information content (AvgIpc) is 2.75. The molecule has 2 saturated heterocycles. The maximum atomic E-state index is 13.1. The predicted octanol–water partition coefficient (Wildman–Crippen LogP) is 2.00. The summed E-state index contributed by atoms with van der Waals surface area (Å²) in [4.78, 5) is 31.4. The van der Waals surface area contributed by atoms with Gasteiger partial charge < -0.3 is 14.7 Å². The number of amides is 1. The fraction of sp³-hybridized carbons (Fsp3) is 0.476. The molecule has 0 bridgehead atoms. The molecule has 3 heterocycles. The molecule has 1 aromatic carbocycles. The lowest BCUT2D eigenvalue weighted by atomic mass is 9.96. The lowest BCUT2D eigenvalue weighted by molar-refractivity contribution is -0.136. The number of piperidine rings is 1. The first-order valence-corrected chi connectivity index (χ1v) is 10.5. The van der Waals surface area contributed by atoms with Gasteiger partial charge in [0, 0.05) is 63.1 Å². The minimum Gasteiger partial charge on any atom is -0.369 e. The van der Waals surface area contributed by atoms with E-state index in [4.69, 9.17) is 11.6 Å². The zero-order valence-electron chi connectivity index (χ0n) is 16.6. The number of hydrogen-bond acceptors (Lipinski definition) is 5. The molecule has 154 valence electrons. The monoisotopic (exact) mass is 415 g/mol. The van der Waals surface area contributed by atoms with E-state index in [0.717, 1.165) is 62.0 Å². The van der Waals surface area contributed by atoms with Crippen LogP contribution in [0.4, 0.5) is 11.4 Å². The number of nitrogens with zero attached hydrogens (tertiary/aromatic N) is 5. The molecule has 29 heavy (non-hydrogen) atoms. The Hall–Kier alpha value is -2.54. The van der Waals surface area contributed by atoms with E-state index < -0.39 is 0 Å². The third-order valence-electron chi connectivity index (χ3n) is 5.85. The van der Waals surface area contributed by atoms with E-state index in [1.807, 2.05) is 23.1 Å². The van der Waals surface area contributed by atoms with Crippen LogP contribution in [0.2, 0.25) is 5.02 Å². The van der Waals surface area contributed by atoms with Crippen molar-refractivity contribution in [1.29, 1.82) is 0 Å². The summed E-state index contributed by atoms with van der Waals surface area (Å²) in [6.45, 7) is 4.54. The van der Waals surface area contributed by atoms with Gasteiger partial charge in [0.15, 0.2) is 0 Å². The summed E-state index contributed by atoms with van der Waals surface area (Å²) in [5, 5.41) is 4.84. The normalized spacial score (nSPS) is 20.1. The molecule has 8 heteroatoms. The molecule has 1 atom stereocenters. The largest absolute Gasteiger partial charge is 0.369 e. The summed E-state index contributed by atoms with van der Waals surface area (Å²) in [6.07, 6.45) is 3.54. The molecule has 1 amide bonds. The van der Waals surface area contributed by atoms with Gasteiger partial charge in [0.2, 0.25) is 5.91 Å². The van der Waals surface area contributed by atoms with E-state index >= 15 is 0 Å². The van der Waals surface area contributed by atoms with Crippen LogP contribution in [0, 0.1) is 5.92 Å². The van der Waals surface area contributed by atoms with Gasteiger partial charge in [-0.3, -0.25) is 9.59 Å². The van der Waals surface area contributed by atoms with Crippen LogP contribution in [-0.4, -0.2) is 59.9 Å². The summed E-state index contributed by atoms with van der Waals surface area (Å²) in [5.41, 5.74) is 1.77. The Morgan fingerprint density at radius 1 is 1.07 bits per heavy atom. The number of hydrogen-bond donors (Lipinski definition) is 0. The van der Waals surface area contributed by atoms with Crippen LogP contribution in [-0.2, 0) is 11.8 Å². The number of piperazine rings is 1. The first kappa shape index (κ1) is 19.8. The highest BCUT2D eigenvalue weighted by atomic mass is 35.5. The van der Waals surface area contributed by atoms with Crippen LogP contribution < -0.4 is 15.4 Å². The summed E-state index contributed by atoms with van der Waals surface area (Å²) < 4.78 is 1.31. The molecule has 2 aliphatic heterocycles. The van der Waals surface area contributed by atoms with Crippen LogP contribution in [0.1, 0.15) is 12.8 Å². The first-order chi connectivity index (χ1) is 14.0. The first-order valence-electron chi connectivity index (χ1n) is 10.1. The molecular weight excluding hydrogens is 390 g/mol. The Bertz CT molecular complexity index is 939. The maximum absolute atomic E-state index is 13.1. The fourth-order valence-corrected chi connectivity index (χ4v) is 4.35. The fourth-order valence-electron chi connectivity index (χ4n) is 4.16. The molecule has 0 N–H and O–H groups in total. The van der Waals surface area contributed by atoms with Crippen molar-refractivity contribution >= 4 is 28.9 Å². The molecule has 2 aromatic rings. The Labute approximate surface area is 175 Å². The zero-order valence-corrected chi connectivity index (χ0v) is 17.4. The molecule has 1 unspecified atom stereocenters. The Balaban J connectivity index is 1.37. The molecule has 0 aliphatic carbocycles. The van der Waals surface area contributed by atoms with E-state index in [1.165, 1.54) is 4.68 Å². The molecule has 0 radical (unpaired) electrons. The second-order valence-corrected chi connectivity index (χ2v) is 8.19. The number of benzene rings is 1. The zero-order chi connectivity index (χ0) is 20.4. The van der Waals surface area contributed by atoms with Gasteiger partial charge >= 0.3 is 0 Å². The number of rotatable bonds is 3. The van der Waals surface area contributed by atoms with Crippen LogP contribution in [0.25, 0.3) is 0 Å². The predicted molar refractivity (Wildman–Crippen MR) is 115 cm³/mol. The van der Waals surface area contributed by atoms with Crippen molar-refractivity contribution in [2.24, 2.45) is 13.0 Å². The molecule has 2 aliphatic rings. The quantitative estimate of drug-likeness (QED) is 0.767. The standard InChI is InChI=1S/C21H26ClN5O2/c1-24-20(28)13-19(14-23-24)27-7-3-4-16(15-27)21(29)26-10-8-25(9-11-26)18-6-2-5-17(22)12-18/h2,5-6,12-14,16H,3-4,7-11,15H2,1H3. The lowest BCUT2D eigenvalue weighted by Crippen LogP contribution is -2.52. The van der Waals surface area contributed by atoms with Crippen molar-refractivity contribution in [3.05, 3.63) is 51.9 Å². The minimum absolute atomic E-state index is 0.0365. The summed E-state index contributed by atoms with van der Waals surface area (Å²) in [6, 6.07) is 9.45. The third kappa shape index (κ3) is 4.40. The Kier molecular flexibility index (Phi) is 5.76. The van der Waals surface area contributed by atoms with Crippen LogP contribution in [0.15, 0.2) is 41.3 Å². The van der Waals surface area contributed by atoms with Gasteiger partial charge in [-0.05, 0) is 31.0 Å². The maximum Gasteiger partial charge on any atom is 0.268 e. The summed E-state index contributed by atoms with van der Waals surface area (Å²) in [5.74, 6) is 0.183. The number of anilines is 2. The second kappa shape index (κ2) is 8.45. The third-order valence-corrected chi connectivity index (χ3v) is 6.09. The van der Waals surface area contributed by atoms with Crippen molar-refractivity contribution in [1.82, 2.24) is 14.7 Å². The molecule has 1 aromatic heterocycles. The van der Waals surface area contributed by atoms with Gasteiger partial charge in [0.05, 0.1) is 17.8 Å². The summed E-state index contributed by atoms with van der Waals surface area (Å²) >= 11 is 6.11. The van der Waals surface area contributed by atoms with Gasteiger partial charge in [0.25, 0.3) is 5.56 Å². The highest BCUT2D eigenvalue weighted by Crippen LogP contribution is 2.25. The number of halogens is 1. The summed E-state index contributed by atoms with van der Waals surface area (Å²) in [7, 11) is 1.64. The van der Waals surface area contributed by atoms with Gasteiger partial charge in [-0.1, -0.05) is 17.7 Å². The van der Waals surface area contributed by atoms with E-state index in [2.05, 4.69) is 21.0 Å². The van der Waals surface area contributed by atoms with Gasteiger partial charge in [0.1, 0.15) is 0 Å². The van der Waals surface area contributed by atoms with Crippen molar-refractivity contribution in [3.8, 4) is 0 Å². The van der Waals surface area contributed by atoms with E-state index in [9.17, 15) is 9.59 Å². The number of carbonyl (C=O) groups is 1. The SMILES string of the molecule is Cn1ncc(N2CCCC(C(=O)N3CCN(c4cccc(Cl)c4)CC3)C2)cc1=O. The van der Waals surface area contributed by atoms with Crippen LogP contribution in [0.5, 0.6) is 0 Å². The van der Waals surface area contributed by atoms with E-state index in [1.54, 1.807) is 19.3 Å². The highest BCUT2D eigenvalue weighted by Gasteiger charge is 2.31. The van der Waals surface area contributed by atoms with Crippen molar-refractivity contribution in [3.63, 3.8) is 0 Å². The second-order valence-electron chi connectivity index (χ2n) is 7.75. The number of carbonyl (C=O) groups excluding carboxylic acids is 1. The van der Waals surface area contributed by atoms with Crippen LogP contribution in [0.3, 0.4) is 0 Å². The van der Waals surface area contributed by atoms with Crippen molar-refractivity contribution < 1.29 is 4.79 Å². The molecule has 0 spiro atoms. The molecule has 7 nitrogen and oxygen atoms in total. The molecule has 4 rings (SSSR count). The topological polar surface area (TPSA) is 61.7 Å². The van der Waals surface area contributed by atoms with Crippen LogP contribution >= 0.6 is 11.6 Å². The van der Waals surface area contributed by atoms with Crippen molar-refractivity contribution in [2.75, 3.05) is 49.1 Å². The van der Waals surface area contributed by atoms with Gasteiger partial charge in [-0.25, -0.2) is 4.68 Å². The van der Waals surface area contributed by atoms with Gasteiger partial charge in [-0.2, -0.15) is 5.10 Å². The van der Waals surface area contributed by atoms with Gasteiger partial charge in [-0.15, -0.1) is 0 Å². The Morgan fingerprint density at radius 3 is 2.59 bits per heavy atom. The number of aromatic nitrogens is 2. The van der Waals surface area contributed by atoms with E-state index in [-0.39, 0.29) is 17.4 Å². The highest BCUT2D eigenvalue weighted by molar-refractivity contribution is 6.30. The smallest absolute Gasteiger partial charge is 0.268 e. The average molecular weight is 416 g/mol. The molecule has 2 fully saturated rings. The lowest BCUT2D eigenvalue weighted by Gasteiger charge is -2.40. The minimum atomic E-state index is -0.131. The number of aryl methyl sites for hydroxylation is 1. The van der Waals surface area contributed by atoms with Crippen molar-refractivity contribution in [2.45, 2.75) is 12.8 Å². The Morgan fingerprint density at radius 2 is 1.86 bits per heavy atom.